The van der Waals surface area contributed by atoms with Crippen molar-refractivity contribution in [2.24, 2.45) is 0 Å². The van der Waals surface area contributed by atoms with E-state index >= 15 is 0 Å². The maximum Gasteiger partial charge on any atom is 0.136 e. The summed E-state index contributed by atoms with van der Waals surface area (Å²) in [4.78, 5) is 0. The molecule has 0 aliphatic carbocycles. The Morgan fingerprint density at radius 1 is 0.275 bits per heavy atom. The molecular formula is C50H30O. The molecule has 0 aliphatic rings. The average Bonchev–Trinajstić information content (AvgIpc) is 3.56. The molecule has 11 rings (SSSR count). The molecule has 1 aromatic heterocycles. The SMILES string of the molecule is c1ccc(-c2ccc3c(-c4cccc5oc6cc7ccccc7cc6c45)c4ccccc4c(-c4cccc5c4ccc4ccccc45)c3c2)cc1. The van der Waals surface area contributed by atoms with E-state index in [9.17, 15) is 0 Å². The van der Waals surface area contributed by atoms with Crippen LogP contribution in [0.4, 0.5) is 0 Å². The van der Waals surface area contributed by atoms with Crippen molar-refractivity contribution >= 4 is 75.8 Å². The molecule has 236 valence electrons. The lowest BCUT2D eigenvalue weighted by Crippen LogP contribution is -1.93. The highest BCUT2D eigenvalue weighted by atomic mass is 16.3. The Balaban J connectivity index is 1.31. The van der Waals surface area contributed by atoms with Gasteiger partial charge in [-0.05, 0) is 112 Å². The minimum absolute atomic E-state index is 0.904. The Hall–Kier alpha value is -6.70. The number of hydrogen-bond donors (Lipinski definition) is 0. The lowest BCUT2D eigenvalue weighted by Gasteiger charge is -2.20. The van der Waals surface area contributed by atoms with Crippen LogP contribution in [0.25, 0.3) is 109 Å². The van der Waals surface area contributed by atoms with Crippen LogP contribution in [0.2, 0.25) is 0 Å². The summed E-state index contributed by atoms with van der Waals surface area (Å²) in [6, 6.07) is 66.4. The molecule has 0 atom stereocenters. The zero-order valence-corrected chi connectivity index (χ0v) is 27.7. The third-order valence-electron chi connectivity index (χ3n) is 10.8. The van der Waals surface area contributed by atoms with Crippen LogP contribution in [0.5, 0.6) is 0 Å². The van der Waals surface area contributed by atoms with Gasteiger partial charge >= 0.3 is 0 Å². The molecule has 0 saturated carbocycles. The van der Waals surface area contributed by atoms with Crippen LogP contribution >= 0.6 is 0 Å². The molecule has 0 aliphatic heterocycles. The monoisotopic (exact) mass is 646 g/mol. The molecule has 0 bridgehead atoms. The molecular weight excluding hydrogens is 617 g/mol. The Morgan fingerprint density at radius 3 is 1.71 bits per heavy atom. The van der Waals surface area contributed by atoms with Crippen molar-refractivity contribution in [3.05, 3.63) is 182 Å². The van der Waals surface area contributed by atoms with Crippen molar-refractivity contribution in [1.82, 2.24) is 0 Å². The first-order chi connectivity index (χ1) is 25.3. The number of benzene rings is 10. The standard InChI is InChI=1S/C50H30O/c1-2-12-31(13-3-1)35-25-27-42-44(28-35)49(39-21-10-20-37-36-17-7-6-14-32(36)24-26-38(37)39)41-19-9-8-18-40(41)48(42)43-22-11-23-46-50(43)45-29-33-15-4-5-16-34(33)30-47(45)51-46/h1-30H. The average molecular weight is 647 g/mol. The second kappa shape index (κ2) is 10.9. The van der Waals surface area contributed by atoms with Crippen LogP contribution in [0.3, 0.4) is 0 Å². The Morgan fingerprint density at radius 2 is 0.882 bits per heavy atom. The summed E-state index contributed by atoms with van der Waals surface area (Å²) in [7, 11) is 0. The van der Waals surface area contributed by atoms with Crippen LogP contribution < -0.4 is 0 Å². The third-order valence-corrected chi connectivity index (χ3v) is 10.8. The van der Waals surface area contributed by atoms with Gasteiger partial charge in [-0.15, -0.1) is 0 Å². The molecule has 10 aromatic carbocycles. The van der Waals surface area contributed by atoms with Crippen molar-refractivity contribution in [2.75, 3.05) is 0 Å². The van der Waals surface area contributed by atoms with Gasteiger partial charge in [-0.2, -0.15) is 0 Å². The van der Waals surface area contributed by atoms with Gasteiger partial charge in [0.1, 0.15) is 11.2 Å². The molecule has 11 aromatic rings. The van der Waals surface area contributed by atoms with E-state index in [0.717, 1.165) is 21.9 Å². The van der Waals surface area contributed by atoms with Gasteiger partial charge in [0, 0.05) is 10.8 Å². The second-order valence-corrected chi connectivity index (χ2v) is 13.6. The van der Waals surface area contributed by atoms with Gasteiger partial charge in [-0.3, -0.25) is 0 Å². The summed E-state index contributed by atoms with van der Waals surface area (Å²) in [6.45, 7) is 0. The highest BCUT2D eigenvalue weighted by Gasteiger charge is 2.22. The lowest BCUT2D eigenvalue weighted by atomic mass is 9.82. The van der Waals surface area contributed by atoms with Crippen LogP contribution in [0.1, 0.15) is 0 Å². The molecule has 1 nitrogen and oxygen atoms in total. The van der Waals surface area contributed by atoms with Gasteiger partial charge in [-0.1, -0.05) is 158 Å². The van der Waals surface area contributed by atoms with Gasteiger partial charge < -0.3 is 4.42 Å². The topological polar surface area (TPSA) is 13.1 Å². The summed E-state index contributed by atoms with van der Waals surface area (Å²) < 4.78 is 6.60. The third kappa shape index (κ3) is 4.22. The Kier molecular flexibility index (Phi) is 6.02. The zero-order chi connectivity index (χ0) is 33.5. The van der Waals surface area contributed by atoms with Crippen molar-refractivity contribution in [2.45, 2.75) is 0 Å². The maximum absolute atomic E-state index is 6.60. The zero-order valence-electron chi connectivity index (χ0n) is 27.7. The van der Waals surface area contributed by atoms with Crippen LogP contribution in [0.15, 0.2) is 186 Å². The molecule has 0 unspecified atom stereocenters. The number of rotatable bonds is 3. The van der Waals surface area contributed by atoms with Gasteiger partial charge in [0.25, 0.3) is 0 Å². The van der Waals surface area contributed by atoms with E-state index in [1.54, 1.807) is 0 Å². The summed E-state index contributed by atoms with van der Waals surface area (Å²) in [5, 5.41) is 14.7. The van der Waals surface area contributed by atoms with Crippen molar-refractivity contribution in [1.29, 1.82) is 0 Å². The Bertz CT molecular complexity index is 3180. The minimum atomic E-state index is 0.904. The quantitative estimate of drug-likeness (QED) is 0.138. The van der Waals surface area contributed by atoms with E-state index in [1.165, 1.54) is 87.2 Å². The molecule has 0 radical (unpaired) electrons. The van der Waals surface area contributed by atoms with Gasteiger partial charge in [0.15, 0.2) is 0 Å². The fourth-order valence-electron chi connectivity index (χ4n) is 8.55. The van der Waals surface area contributed by atoms with Crippen LogP contribution in [-0.2, 0) is 0 Å². The number of hydrogen-bond acceptors (Lipinski definition) is 1. The van der Waals surface area contributed by atoms with Crippen molar-refractivity contribution in [3.63, 3.8) is 0 Å². The van der Waals surface area contributed by atoms with Gasteiger partial charge in [0.05, 0.1) is 0 Å². The first-order valence-electron chi connectivity index (χ1n) is 17.6. The normalized spacial score (nSPS) is 11.9. The first-order valence-corrected chi connectivity index (χ1v) is 17.6. The largest absolute Gasteiger partial charge is 0.456 e. The predicted octanol–water partition coefficient (Wildman–Crippen LogP) is 14.4. The van der Waals surface area contributed by atoms with Crippen molar-refractivity contribution < 1.29 is 4.42 Å². The molecule has 0 saturated heterocycles. The summed E-state index contributed by atoms with van der Waals surface area (Å²) in [5.74, 6) is 0. The molecule has 1 heteroatoms. The van der Waals surface area contributed by atoms with E-state index in [2.05, 4.69) is 182 Å². The lowest BCUT2D eigenvalue weighted by molar-refractivity contribution is 0.669. The summed E-state index contributed by atoms with van der Waals surface area (Å²) in [5.41, 5.74) is 9.15. The molecule has 0 fully saturated rings. The summed E-state index contributed by atoms with van der Waals surface area (Å²) >= 11 is 0. The van der Waals surface area contributed by atoms with E-state index in [4.69, 9.17) is 4.42 Å². The van der Waals surface area contributed by atoms with Crippen LogP contribution in [0, 0.1) is 0 Å². The fraction of sp³-hybridized carbons (Fsp3) is 0. The fourth-order valence-corrected chi connectivity index (χ4v) is 8.55. The maximum atomic E-state index is 6.60. The van der Waals surface area contributed by atoms with Crippen LogP contribution in [-0.4, -0.2) is 0 Å². The van der Waals surface area contributed by atoms with E-state index in [0.29, 0.717) is 0 Å². The number of fused-ring (bicyclic) bond motifs is 9. The summed E-state index contributed by atoms with van der Waals surface area (Å²) in [6.07, 6.45) is 0. The van der Waals surface area contributed by atoms with E-state index < -0.39 is 0 Å². The van der Waals surface area contributed by atoms with E-state index in [-0.39, 0.29) is 0 Å². The number of furan rings is 1. The molecule has 51 heavy (non-hydrogen) atoms. The molecule has 1 heterocycles. The molecule has 0 spiro atoms. The predicted molar refractivity (Wildman–Crippen MR) is 218 cm³/mol. The van der Waals surface area contributed by atoms with Gasteiger partial charge in [-0.25, -0.2) is 0 Å². The van der Waals surface area contributed by atoms with Crippen molar-refractivity contribution in [3.8, 4) is 33.4 Å². The first kappa shape index (κ1) is 28.2. The molecule has 0 amide bonds. The molecule has 0 N–H and O–H groups in total. The van der Waals surface area contributed by atoms with E-state index in [1.807, 2.05) is 0 Å². The van der Waals surface area contributed by atoms with Gasteiger partial charge in [0.2, 0.25) is 0 Å². The highest BCUT2D eigenvalue weighted by molar-refractivity contribution is 6.28. The Labute approximate surface area is 294 Å². The second-order valence-electron chi connectivity index (χ2n) is 13.6. The smallest absolute Gasteiger partial charge is 0.136 e. The highest BCUT2D eigenvalue weighted by Crippen LogP contribution is 2.49. The minimum Gasteiger partial charge on any atom is -0.456 e.